The minimum Gasteiger partial charge on any atom is -0.495 e. The van der Waals surface area contributed by atoms with E-state index in [4.69, 9.17) is 15.2 Å². The molecule has 2 N–H and O–H groups in total. The number of hydrogen-bond acceptors (Lipinski definition) is 5. The number of thioether (sulfide) groups is 1. The lowest BCUT2D eigenvalue weighted by Gasteiger charge is -2.24. The Morgan fingerprint density at radius 1 is 1.35 bits per heavy atom. The number of benzene rings is 1. The Bertz CT molecular complexity index is 467. The van der Waals surface area contributed by atoms with Gasteiger partial charge < -0.3 is 15.2 Å². The Labute approximate surface area is 125 Å². The third kappa shape index (κ3) is 2.75. The zero-order chi connectivity index (χ0) is 14.7. The maximum Gasteiger partial charge on any atom is 0.140 e. The van der Waals surface area contributed by atoms with Crippen LogP contribution in [0.5, 0.6) is 11.5 Å². The number of rotatable bonds is 5. The van der Waals surface area contributed by atoms with Crippen molar-refractivity contribution in [2.45, 2.75) is 17.4 Å². The normalized spacial score (nSPS) is 23.1. The Morgan fingerprint density at radius 2 is 2.10 bits per heavy atom. The molecule has 2 rings (SSSR count). The van der Waals surface area contributed by atoms with Crippen molar-refractivity contribution in [3.05, 3.63) is 17.7 Å². The predicted octanol–water partition coefficient (Wildman–Crippen LogP) is 2.38. The minimum absolute atomic E-state index is 0.371. The molecule has 0 spiro atoms. The maximum absolute atomic E-state index is 5.83. The van der Waals surface area contributed by atoms with Gasteiger partial charge in [-0.2, -0.15) is 0 Å². The number of hydrogen-bond donors (Lipinski definition) is 1. The largest absolute Gasteiger partial charge is 0.495 e. The highest BCUT2D eigenvalue weighted by atomic mass is 32.2. The molecule has 0 amide bonds. The van der Waals surface area contributed by atoms with Gasteiger partial charge in [0.25, 0.3) is 0 Å². The van der Waals surface area contributed by atoms with E-state index in [0.29, 0.717) is 12.0 Å². The molecule has 1 aliphatic rings. The molecule has 1 saturated heterocycles. The number of nitrogens with two attached hydrogens (primary N) is 1. The van der Waals surface area contributed by atoms with E-state index in [2.05, 4.69) is 18.0 Å². The lowest BCUT2D eigenvalue weighted by molar-refractivity contribution is 0.299. The number of ether oxygens (including phenoxy) is 2. The summed E-state index contributed by atoms with van der Waals surface area (Å²) in [6.45, 7) is 1.79. The van der Waals surface area contributed by atoms with Crippen molar-refractivity contribution in [3.8, 4) is 11.5 Å². The molecule has 1 fully saturated rings. The maximum atomic E-state index is 5.83. The molecule has 0 bridgehead atoms. The summed E-state index contributed by atoms with van der Waals surface area (Å²) in [5.41, 5.74) is 7.06. The van der Waals surface area contributed by atoms with Crippen LogP contribution in [0.2, 0.25) is 0 Å². The monoisotopic (exact) mass is 296 g/mol. The molecule has 2 unspecified atom stereocenters. The van der Waals surface area contributed by atoms with Crippen molar-refractivity contribution in [3.63, 3.8) is 0 Å². The van der Waals surface area contributed by atoms with Crippen LogP contribution in [0, 0.1) is 5.92 Å². The molecule has 0 radical (unpaired) electrons. The van der Waals surface area contributed by atoms with E-state index < -0.39 is 0 Å². The van der Waals surface area contributed by atoms with Crippen molar-refractivity contribution >= 4 is 11.8 Å². The molecule has 20 heavy (non-hydrogen) atoms. The first kappa shape index (κ1) is 15.5. The van der Waals surface area contributed by atoms with E-state index in [1.807, 2.05) is 12.3 Å². The van der Waals surface area contributed by atoms with Crippen molar-refractivity contribution in [2.75, 3.05) is 40.6 Å². The quantitative estimate of drug-likeness (QED) is 0.845. The highest BCUT2D eigenvalue weighted by molar-refractivity contribution is 7.98. The van der Waals surface area contributed by atoms with Gasteiger partial charge >= 0.3 is 0 Å². The van der Waals surface area contributed by atoms with E-state index in [-0.39, 0.29) is 0 Å². The van der Waals surface area contributed by atoms with Crippen LogP contribution in [0.4, 0.5) is 0 Å². The number of nitrogens with zero attached hydrogens (tertiary/aromatic N) is 1. The third-order valence-corrected chi connectivity index (χ3v) is 4.86. The lowest BCUT2D eigenvalue weighted by Crippen LogP contribution is -2.21. The van der Waals surface area contributed by atoms with Gasteiger partial charge in [-0.15, -0.1) is 11.8 Å². The fourth-order valence-electron chi connectivity index (χ4n) is 3.03. The standard InChI is InChI=1S/C15H24N2O2S/c1-17-9-10(8-16)7-12(17)11-5-6-13(18-2)15(20-4)14(11)19-3/h5-6,10,12H,7-9,16H2,1-4H3. The van der Waals surface area contributed by atoms with Crippen LogP contribution in [0.25, 0.3) is 0 Å². The third-order valence-electron chi connectivity index (χ3n) is 4.06. The molecule has 2 atom stereocenters. The van der Waals surface area contributed by atoms with Crippen LogP contribution in [0.1, 0.15) is 18.0 Å². The van der Waals surface area contributed by atoms with Gasteiger partial charge in [0.2, 0.25) is 0 Å². The second-order valence-corrected chi connectivity index (χ2v) is 6.03. The Hall–Kier alpha value is -0.910. The zero-order valence-electron chi connectivity index (χ0n) is 12.7. The summed E-state index contributed by atoms with van der Waals surface area (Å²) in [6.07, 6.45) is 3.13. The number of methoxy groups -OCH3 is 2. The fourth-order valence-corrected chi connectivity index (χ4v) is 3.77. The van der Waals surface area contributed by atoms with Crippen molar-refractivity contribution in [1.29, 1.82) is 0 Å². The van der Waals surface area contributed by atoms with E-state index in [1.165, 1.54) is 5.56 Å². The van der Waals surface area contributed by atoms with Gasteiger partial charge in [-0.1, -0.05) is 0 Å². The first-order valence-electron chi connectivity index (χ1n) is 6.85. The van der Waals surface area contributed by atoms with Gasteiger partial charge in [0.05, 0.1) is 19.1 Å². The van der Waals surface area contributed by atoms with Crippen LogP contribution in [-0.2, 0) is 0 Å². The van der Waals surface area contributed by atoms with Gasteiger partial charge in [0.15, 0.2) is 0 Å². The minimum atomic E-state index is 0.371. The molecule has 1 heterocycles. The van der Waals surface area contributed by atoms with Crippen molar-refractivity contribution < 1.29 is 9.47 Å². The highest BCUT2D eigenvalue weighted by Gasteiger charge is 2.32. The topological polar surface area (TPSA) is 47.7 Å². The zero-order valence-corrected chi connectivity index (χ0v) is 13.5. The summed E-state index contributed by atoms with van der Waals surface area (Å²) in [7, 11) is 5.58. The molecule has 4 nitrogen and oxygen atoms in total. The molecule has 1 aromatic rings. The van der Waals surface area contributed by atoms with E-state index in [9.17, 15) is 0 Å². The van der Waals surface area contributed by atoms with Gasteiger partial charge in [-0.3, -0.25) is 4.90 Å². The Balaban J connectivity index is 2.41. The number of likely N-dealkylation sites (tertiary alicyclic amines) is 1. The molecule has 112 valence electrons. The summed E-state index contributed by atoms with van der Waals surface area (Å²) >= 11 is 1.66. The van der Waals surface area contributed by atoms with Crippen LogP contribution in [0.3, 0.4) is 0 Å². The van der Waals surface area contributed by atoms with E-state index in [0.717, 1.165) is 35.9 Å². The van der Waals surface area contributed by atoms with Crippen molar-refractivity contribution in [1.82, 2.24) is 4.90 Å². The average molecular weight is 296 g/mol. The lowest BCUT2D eigenvalue weighted by atomic mass is 9.99. The van der Waals surface area contributed by atoms with Gasteiger partial charge in [0.1, 0.15) is 11.5 Å². The van der Waals surface area contributed by atoms with Crippen LogP contribution < -0.4 is 15.2 Å². The molecule has 0 aliphatic carbocycles. The molecule has 0 saturated carbocycles. The second kappa shape index (κ2) is 6.70. The SMILES string of the molecule is COc1ccc(C2CC(CN)CN2C)c(OC)c1SC. The van der Waals surface area contributed by atoms with Gasteiger partial charge in [-0.05, 0) is 44.3 Å². The molecule has 0 aromatic heterocycles. The average Bonchev–Trinajstić information content (AvgIpc) is 2.86. The summed E-state index contributed by atoms with van der Waals surface area (Å²) in [6, 6.07) is 4.53. The fraction of sp³-hybridized carbons (Fsp3) is 0.600. The van der Waals surface area contributed by atoms with Gasteiger partial charge in [0, 0.05) is 18.2 Å². The van der Waals surface area contributed by atoms with Crippen molar-refractivity contribution in [2.24, 2.45) is 11.7 Å². The van der Waals surface area contributed by atoms with Crippen LogP contribution >= 0.6 is 11.8 Å². The molecule has 5 heteroatoms. The predicted molar refractivity (Wildman–Crippen MR) is 83.9 cm³/mol. The summed E-state index contributed by atoms with van der Waals surface area (Å²) < 4.78 is 11.1. The van der Waals surface area contributed by atoms with E-state index in [1.54, 1.807) is 26.0 Å². The summed E-state index contributed by atoms with van der Waals surface area (Å²) in [5.74, 6) is 2.37. The van der Waals surface area contributed by atoms with Crippen LogP contribution in [-0.4, -0.2) is 45.5 Å². The first-order chi connectivity index (χ1) is 9.65. The molecular weight excluding hydrogens is 272 g/mol. The summed E-state index contributed by atoms with van der Waals surface area (Å²) in [5, 5.41) is 0. The summed E-state index contributed by atoms with van der Waals surface area (Å²) in [4.78, 5) is 3.43. The first-order valence-corrected chi connectivity index (χ1v) is 8.07. The molecule has 1 aromatic carbocycles. The Morgan fingerprint density at radius 3 is 2.60 bits per heavy atom. The smallest absolute Gasteiger partial charge is 0.140 e. The molecule has 1 aliphatic heterocycles. The highest BCUT2D eigenvalue weighted by Crippen LogP contribution is 2.45. The molecular formula is C15H24N2O2S. The second-order valence-electron chi connectivity index (χ2n) is 5.22. The van der Waals surface area contributed by atoms with Gasteiger partial charge in [-0.25, -0.2) is 0 Å². The van der Waals surface area contributed by atoms with E-state index >= 15 is 0 Å². The Kier molecular flexibility index (Phi) is 5.18. The van der Waals surface area contributed by atoms with Crippen LogP contribution in [0.15, 0.2) is 17.0 Å².